The Balaban J connectivity index is 2.12. The molecule has 0 aromatic rings. The van der Waals surface area contributed by atoms with E-state index in [-0.39, 0.29) is 0 Å². The topological polar surface area (TPSA) is 14.1 Å². The number of piperidine rings is 1. The lowest BCUT2D eigenvalue weighted by atomic mass is 10.2. The Morgan fingerprint density at radius 1 is 1.57 bits per heavy atom. The molecular weight excluding hydrogens is 106 g/mol. The van der Waals surface area contributed by atoms with Gasteiger partial charge in [0.2, 0.25) is 0 Å². The summed E-state index contributed by atoms with van der Waals surface area (Å²) in [5.74, 6) is 0. The molecule has 1 radical (unpaired) electrons. The van der Waals surface area contributed by atoms with Crippen molar-refractivity contribution in [1.29, 1.82) is 0 Å². The third kappa shape index (κ3) is 1.70. The van der Waals surface area contributed by atoms with Gasteiger partial charge in [0.1, 0.15) is 0 Å². The molecule has 0 aromatic carbocycles. The number of hydrogen-bond donors (Lipinski definition) is 1. The van der Waals surface area contributed by atoms with Crippen molar-refractivity contribution >= 4 is 12.6 Å². The monoisotopic (exact) mass is 116 g/mol. The Morgan fingerprint density at radius 3 is 2.71 bits per heavy atom. The zero-order chi connectivity index (χ0) is 5.11. The molecule has 1 aliphatic rings. The van der Waals surface area contributed by atoms with Gasteiger partial charge in [0.25, 0.3) is 0 Å². The molecule has 1 heterocycles. The molecule has 1 aliphatic heterocycles. The summed E-state index contributed by atoms with van der Waals surface area (Å²) < 4.78 is 0. The minimum Gasteiger partial charge on any atom is -0.241 e. The Hall–Kier alpha value is 0.310. The second-order valence-corrected chi connectivity index (χ2v) is 2.66. The molecule has 1 nitrogen and oxygen atoms in total. The number of hydrogen-bond acceptors (Lipinski definition) is 1. The first-order valence-electron chi connectivity index (χ1n) is 2.71. The Bertz CT molecular complexity index is 50.0. The highest BCUT2D eigenvalue weighted by Gasteiger charge is 2.07. The van der Waals surface area contributed by atoms with E-state index in [1.54, 1.807) is 0 Å². The molecule has 0 aliphatic carbocycles. The van der Waals surface area contributed by atoms with Gasteiger partial charge in [-0.2, -0.15) is 12.6 Å². The summed E-state index contributed by atoms with van der Waals surface area (Å²) in [7, 11) is 0. The fraction of sp³-hybridized carbons (Fsp3) is 1.00. The Morgan fingerprint density at radius 2 is 2.43 bits per heavy atom. The molecule has 1 atom stereocenters. The molecule has 1 rings (SSSR count). The molecule has 41 valence electrons. The van der Waals surface area contributed by atoms with Crippen LogP contribution in [0.5, 0.6) is 0 Å². The summed E-state index contributed by atoms with van der Waals surface area (Å²) in [4.78, 5) is 0. The molecule has 0 spiro atoms. The molecule has 1 fully saturated rings. The van der Waals surface area contributed by atoms with E-state index in [4.69, 9.17) is 0 Å². The van der Waals surface area contributed by atoms with Crippen LogP contribution in [0.1, 0.15) is 12.8 Å². The van der Waals surface area contributed by atoms with Crippen LogP contribution >= 0.6 is 12.6 Å². The molecule has 1 unspecified atom stereocenters. The second-order valence-electron chi connectivity index (χ2n) is 1.93. The fourth-order valence-electron chi connectivity index (χ4n) is 0.770. The van der Waals surface area contributed by atoms with Crippen molar-refractivity contribution in [2.24, 2.45) is 0 Å². The van der Waals surface area contributed by atoms with Gasteiger partial charge in [-0.3, -0.25) is 0 Å². The highest BCUT2D eigenvalue weighted by Crippen LogP contribution is 2.07. The van der Waals surface area contributed by atoms with Crippen LogP contribution in [0.25, 0.3) is 0 Å². The maximum absolute atomic E-state index is 4.27. The van der Waals surface area contributed by atoms with Gasteiger partial charge in [0.15, 0.2) is 0 Å². The first kappa shape index (κ1) is 5.45. The van der Waals surface area contributed by atoms with E-state index in [0.29, 0.717) is 5.25 Å². The number of thiol groups is 1. The van der Waals surface area contributed by atoms with Crippen LogP contribution in [-0.2, 0) is 0 Å². The van der Waals surface area contributed by atoms with Crippen molar-refractivity contribution in [3.63, 3.8) is 0 Å². The van der Waals surface area contributed by atoms with Crippen molar-refractivity contribution in [3.05, 3.63) is 0 Å². The van der Waals surface area contributed by atoms with Crippen LogP contribution < -0.4 is 5.32 Å². The molecule has 0 saturated carbocycles. The average molecular weight is 116 g/mol. The Labute approximate surface area is 49.9 Å². The number of rotatable bonds is 0. The fourth-order valence-corrected chi connectivity index (χ4v) is 1.07. The van der Waals surface area contributed by atoms with E-state index < -0.39 is 0 Å². The molecule has 1 saturated heterocycles. The van der Waals surface area contributed by atoms with Crippen LogP contribution in [0.2, 0.25) is 0 Å². The predicted octanol–water partition coefficient (Wildman–Crippen LogP) is 0.683. The quantitative estimate of drug-likeness (QED) is 0.447. The minimum absolute atomic E-state index is 0.564. The lowest BCUT2D eigenvalue weighted by molar-refractivity contribution is 0.524. The highest BCUT2D eigenvalue weighted by atomic mass is 32.1. The van der Waals surface area contributed by atoms with Crippen LogP contribution in [0.3, 0.4) is 0 Å². The lowest BCUT2D eigenvalue weighted by Gasteiger charge is -2.14. The van der Waals surface area contributed by atoms with Gasteiger partial charge in [-0.25, -0.2) is 5.32 Å². The smallest absolute Gasteiger partial charge is 0.0250 e. The van der Waals surface area contributed by atoms with Crippen LogP contribution in [0.15, 0.2) is 0 Å². The standard InChI is InChI=1S/C5H10NS/c7-5-2-1-3-6-4-5/h5,7H,1-4H2. The van der Waals surface area contributed by atoms with E-state index in [9.17, 15) is 0 Å². The molecule has 0 aromatic heterocycles. The maximum atomic E-state index is 4.27. The third-order valence-electron chi connectivity index (χ3n) is 1.19. The normalized spacial score (nSPS) is 33.0. The number of nitrogens with zero attached hydrogens (tertiary/aromatic N) is 1. The summed E-state index contributed by atoms with van der Waals surface area (Å²) in [5, 5.41) is 4.75. The largest absolute Gasteiger partial charge is 0.241 e. The zero-order valence-corrected chi connectivity index (χ0v) is 5.19. The average Bonchev–Trinajstić information content (AvgIpc) is 1.69. The summed E-state index contributed by atoms with van der Waals surface area (Å²) in [6, 6.07) is 0. The van der Waals surface area contributed by atoms with Gasteiger partial charge >= 0.3 is 0 Å². The second kappa shape index (κ2) is 2.58. The van der Waals surface area contributed by atoms with Crippen LogP contribution in [-0.4, -0.2) is 18.3 Å². The molecule has 0 bridgehead atoms. The summed E-state index contributed by atoms with van der Waals surface area (Å²) >= 11 is 4.27. The van der Waals surface area contributed by atoms with Gasteiger partial charge in [-0.05, 0) is 12.8 Å². The van der Waals surface area contributed by atoms with Crippen molar-refractivity contribution in [3.8, 4) is 0 Å². The SMILES string of the molecule is SC1CCC[N]C1. The summed E-state index contributed by atoms with van der Waals surface area (Å²) in [6.45, 7) is 2.04. The van der Waals surface area contributed by atoms with Crippen molar-refractivity contribution in [1.82, 2.24) is 5.32 Å². The Kier molecular flexibility index (Phi) is 2.00. The van der Waals surface area contributed by atoms with E-state index in [2.05, 4.69) is 17.9 Å². The maximum Gasteiger partial charge on any atom is 0.0250 e. The molecule has 7 heavy (non-hydrogen) atoms. The first-order chi connectivity index (χ1) is 3.39. The molecule has 0 amide bonds. The van der Waals surface area contributed by atoms with Gasteiger partial charge < -0.3 is 0 Å². The highest BCUT2D eigenvalue weighted by molar-refractivity contribution is 7.81. The van der Waals surface area contributed by atoms with Crippen molar-refractivity contribution in [2.45, 2.75) is 18.1 Å². The van der Waals surface area contributed by atoms with E-state index in [1.807, 2.05) is 0 Å². The molecule has 2 heteroatoms. The lowest BCUT2D eigenvalue weighted by Crippen LogP contribution is -2.24. The molecular formula is C5H10NS. The van der Waals surface area contributed by atoms with Gasteiger partial charge in [0, 0.05) is 18.3 Å². The third-order valence-corrected chi connectivity index (χ3v) is 1.61. The summed E-state index contributed by atoms with van der Waals surface area (Å²) in [6.07, 6.45) is 2.50. The van der Waals surface area contributed by atoms with Crippen molar-refractivity contribution < 1.29 is 0 Å². The van der Waals surface area contributed by atoms with Gasteiger partial charge in [-0.1, -0.05) is 0 Å². The zero-order valence-electron chi connectivity index (χ0n) is 4.30. The molecule has 0 N–H and O–H groups in total. The van der Waals surface area contributed by atoms with Crippen molar-refractivity contribution in [2.75, 3.05) is 13.1 Å². The predicted molar refractivity (Wildman–Crippen MR) is 33.9 cm³/mol. The first-order valence-corrected chi connectivity index (χ1v) is 3.22. The minimum atomic E-state index is 0.564. The van der Waals surface area contributed by atoms with Gasteiger partial charge in [0.05, 0.1) is 0 Å². The van der Waals surface area contributed by atoms with E-state index in [0.717, 1.165) is 13.1 Å². The van der Waals surface area contributed by atoms with Crippen LogP contribution in [0.4, 0.5) is 0 Å². The van der Waals surface area contributed by atoms with E-state index >= 15 is 0 Å². The van der Waals surface area contributed by atoms with E-state index in [1.165, 1.54) is 12.8 Å². The van der Waals surface area contributed by atoms with Gasteiger partial charge in [-0.15, -0.1) is 0 Å². The van der Waals surface area contributed by atoms with Crippen LogP contribution in [0, 0.1) is 0 Å². The summed E-state index contributed by atoms with van der Waals surface area (Å²) in [5.41, 5.74) is 0.